The molecule has 0 atom stereocenters. The average molecular weight is 423 g/mol. The number of nitrogens with zero attached hydrogens (tertiary/aromatic N) is 1. The molecule has 3 rings (SSSR count). The first kappa shape index (κ1) is 17.3. The van der Waals surface area contributed by atoms with Gasteiger partial charge in [-0.15, -0.1) is 22.7 Å². The Morgan fingerprint density at radius 2 is 2.08 bits per heavy atom. The largest absolute Gasteiger partial charge is 0.380 e. The predicted molar refractivity (Wildman–Crippen MR) is 101 cm³/mol. The van der Waals surface area contributed by atoms with E-state index in [0.717, 1.165) is 25.5 Å². The lowest BCUT2D eigenvalue weighted by Crippen LogP contribution is -2.23. The summed E-state index contributed by atoms with van der Waals surface area (Å²) in [4.78, 5) is 17.8. The summed E-state index contributed by atoms with van der Waals surface area (Å²) >= 11 is 6.51. The van der Waals surface area contributed by atoms with Crippen molar-refractivity contribution >= 4 is 44.5 Å². The van der Waals surface area contributed by atoms with Gasteiger partial charge in [0.05, 0.1) is 11.5 Å². The van der Waals surface area contributed by atoms with Crippen molar-refractivity contribution in [1.29, 1.82) is 0 Å². The van der Waals surface area contributed by atoms with Gasteiger partial charge < -0.3 is 10.1 Å². The Morgan fingerprint density at radius 1 is 1.25 bits per heavy atom. The van der Waals surface area contributed by atoms with Gasteiger partial charge in [-0.3, -0.25) is 4.79 Å². The van der Waals surface area contributed by atoms with E-state index in [4.69, 9.17) is 4.74 Å². The van der Waals surface area contributed by atoms with Crippen molar-refractivity contribution in [2.24, 2.45) is 0 Å². The highest BCUT2D eigenvalue weighted by Crippen LogP contribution is 2.31. The molecule has 0 bridgehead atoms. The van der Waals surface area contributed by atoms with Crippen LogP contribution in [0.4, 0.5) is 0 Å². The molecule has 24 heavy (non-hydrogen) atoms. The van der Waals surface area contributed by atoms with E-state index in [2.05, 4.69) is 26.2 Å². The van der Waals surface area contributed by atoms with E-state index in [1.807, 2.05) is 35.7 Å². The van der Waals surface area contributed by atoms with Crippen molar-refractivity contribution in [1.82, 2.24) is 10.3 Å². The smallest absolute Gasteiger partial charge is 0.271 e. The molecule has 124 valence electrons. The number of aromatic nitrogens is 1. The zero-order chi connectivity index (χ0) is 16.9. The lowest BCUT2D eigenvalue weighted by Gasteiger charge is -2.06. The summed E-state index contributed by atoms with van der Waals surface area (Å²) < 4.78 is 6.15. The van der Waals surface area contributed by atoms with Gasteiger partial charge in [-0.25, -0.2) is 4.98 Å². The molecule has 2 aromatic heterocycles. The summed E-state index contributed by atoms with van der Waals surface area (Å²) in [6.07, 6.45) is 0. The average Bonchev–Trinajstić information content (AvgIpc) is 3.22. The maximum absolute atomic E-state index is 12.3. The number of nitrogens with one attached hydrogen (secondary N) is 1. The molecule has 0 saturated heterocycles. The number of hydrogen-bond acceptors (Lipinski definition) is 5. The summed E-state index contributed by atoms with van der Waals surface area (Å²) in [5.74, 6) is -0.162. The van der Waals surface area contributed by atoms with Crippen LogP contribution in [0.2, 0.25) is 0 Å². The number of rotatable bonds is 6. The molecule has 1 amide bonds. The Labute approximate surface area is 156 Å². The van der Waals surface area contributed by atoms with Gasteiger partial charge in [-0.05, 0) is 33.1 Å². The molecule has 0 radical (unpaired) electrons. The van der Waals surface area contributed by atoms with Crippen LogP contribution in [-0.4, -0.2) is 18.0 Å². The first-order valence-electron chi connectivity index (χ1n) is 7.20. The van der Waals surface area contributed by atoms with Crippen LogP contribution in [0.3, 0.4) is 0 Å². The third-order valence-electron chi connectivity index (χ3n) is 3.27. The van der Waals surface area contributed by atoms with Crippen LogP contribution in [0, 0.1) is 0 Å². The van der Waals surface area contributed by atoms with E-state index in [1.165, 1.54) is 11.3 Å². The van der Waals surface area contributed by atoms with Gasteiger partial charge in [0, 0.05) is 28.9 Å². The van der Waals surface area contributed by atoms with Crippen LogP contribution in [-0.2, 0) is 17.9 Å². The molecule has 0 unspecified atom stereocenters. The quantitative estimate of drug-likeness (QED) is 0.625. The predicted octanol–water partition coefficient (Wildman–Crippen LogP) is 4.71. The minimum Gasteiger partial charge on any atom is -0.380 e. The van der Waals surface area contributed by atoms with Crippen molar-refractivity contribution in [2.75, 3.05) is 7.11 Å². The molecule has 0 saturated carbocycles. The highest BCUT2D eigenvalue weighted by atomic mass is 79.9. The molecule has 0 aliphatic carbocycles. The lowest BCUT2D eigenvalue weighted by atomic mass is 10.1. The van der Waals surface area contributed by atoms with Crippen molar-refractivity contribution in [3.05, 3.63) is 62.4 Å². The van der Waals surface area contributed by atoms with Crippen molar-refractivity contribution < 1.29 is 9.53 Å². The minimum absolute atomic E-state index is 0.162. The topological polar surface area (TPSA) is 51.2 Å². The summed E-state index contributed by atoms with van der Waals surface area (Å²) in [6.45, 7) is 1.03. The van der Waals surface area contributed by atoms with Gasteiger partial charge in [-0.1, -0.05) is 24.3 Å². The third-order valence-corrected chi connectivity index (χ3v) is 5.97. The number of carbonyl (C=O) groups is 1. The SMILES string of the molecule is COCc1cccc(CNC(=O)c2csc(-c3cc(Br)cs3)n2)c1. The van der Waals surface area contributed by atoms with Crippen LogP contribution in [0.5, 0.6) is 0 Å². The number of halogens is 1. The number of thiazole rings is 1. The molecular formula is C17H15BrN2O2S2. The number of methoxy groups -OCH3 is 1. The second kappa shape index (κ2) is 8.02. The Morgan fingerprint density at radius 3 is 2.83 bits per heavy atom. The van der Waals surface area contributed by atoms with Crippen LogP contribution in [0.25, 0.3) is 9.88 Å². The molecule has 0 fully saturated rings. The Balaban J connectivity index is 1.63. The van der Waals surface area contributed by atoms with Crippen LogP contribution < -0.4 is 5.32 Å². The van der Waals surface area contributed by atoms with E-state index in [0.29, 0.717) is 18.8 Å². The molecule has 4 nitrogen and oxygen atoms in total. The van der Waals surface area contributed by atoms with Gasteiger partial charge in [-0.2, -0.15) is 0 Å². The Hall–Kier alpha value is -1.54. The molecule has 0 aliphatic heterocycles. The lowest BCUT2D eigenvalue weighted by molar-refractivity contribution is 0.0946. The van der Waals surface area contributed by atoms with Crippen molar-refractivity contribution in [3.63, 3.8) is 0 Å². The van der Waals surface area contributed by atoms with Crippen LogP contribution in [0.15, 0.2) is 45.6 Å². The van der Waals surface area contributed by atoms with E-state index in [1.54, 1.807) is 23.8 Å². The number of ether oxygens (including phenoxy) is 1. The maximum atomic E-state index is 12.3. The minimum atomic E-state index is -0.162. The molecule has 1 N–H and O–H groups in total. The van der Waals surface area contributed by atoms with Gasteiger partial charge in [0.15, 0.2) is 0 Å². The highest BCUT2D eigenvalue weighted by Gasteiger charge is 2.13. The Bertz CT molecular complexity index is 844. The standard InChI is InChI=1S/C17H15BrN2O2S2/c1-22-8-12-4-2-3-11(5-12)7-19-16(21)14-10-24-17(20-14)15-6-13(18)9-23-15/h2-6,9-10H,7-8H2,1H3,(H,19,21). The van der Waals surface area contributed by atoms with Crippen molar-refractivity contribution in [3.8, 4) is 9.88 Å². The maximum Gasteiger partial charge on any atom is 0.271 e. The van der Waals surface area contributed by atoms with E-state index >= 15 is 0 Å². The first-order chi connectivity index (χ1) is 11.7. The monoisotopic (exact) mass is 422 g/mol. The fourth-order valence-corrected chi connectivity index (χ4v) is 4.49. The molecular weight excluding hydrogens is 408 g/mol. The van der Waals surface area contributed by atoms with Gasteiger partial charge >= 0.3 is 0 Å². The van der Waals surface area contributed by atoms with Gasteiger partial charge in [0.1, 0.15) is 10.7 Å². The van der Waals surface area contributed by atoms with E-state index in [-0.39, 0.29) is 5.91 Å². The molecule has 3 aromatic rings. The fourth-order valence-electron chi connectivity index (χ4n) is 2.19. The van der Waals surface area contributed by atoms with Crippen LogP contribution >= 0.6 is 38.6 Å². The summed E-state index contributed by atoms with van der Waals surface area (Å²) in [7, 11) is 1.67. The number of amides is 1. The second-order valence-corrected chi connectivity index (χ2v) is 7.79. The van der Waals surface area contributed by atoms with E-state index < -0.39 is 0 Å². The van der Waals surface area contributed by atoms with E-state index in [9.17, 15) is 4.79 Å². The zero-order valence-corrected chi connectivity index (χ0v) is 16.1. The number of carbonyl (C=O) groups excluding carboxylic acids is 1. The second-order valence-electron chi connectivity index (χ2n) is 5.10. The highest BCUT2D eigenvalue weighted by molar-refractivity contribution is 9.10. The molecule has 0 aliphatic rings. The zero-order valence-electron chi connectivity index (χ0n) is 12.9. The molecule has 7 heteroatoms. The first-order valence-corrected chi connectivity index (χ1v) is 9.76. The molecule has 1 aromatic carbocycles. The summed E-state index contributed by atoms with van der Waals surface area (Å²) in [5, 5.41) is 7.57. The summed E-state index contributed by atoms with van der Waals surface area (Å²) in [5.41, 5.74) is 2.58. The number of benzene rings is 1. The fraction of sp³-hybridized carbons (Fsp3) is 0.176. The van der Waals surface area contributed by atoms with Crippen LogP contribution in [0.1, 0.15) is 21.6 Å². The number of thiophene rings is 1. The van der Waals surface area contributed by atoms with Gasteiger partial charge in [0.2, 0.25) is 0 Å². The van der Waals surface area contributed by atoms with Crippen molar-refractivity contribution in [2.45, 2.75) is 13.2 Å². The number of hydrogen-bond donors (Lipinski definition) is 1. The molecule has 0 spiro atoms. The Kier molecular flexibility index (Phi) is 5.78. The molecule has 2 heterocycles. The third kappa shape index (κ3) is 4.30. The summed E-state index contributed by atoms with van der Waals surface area (Å²) in [6, 6.07) is 9.98. The normalized spacial score (nSPS) is 10.8. The van der Waals surface area contributed by atoms with Gasteiger partial charge in [0.25, 0.3) is 5.91 Å².